The number of hydrogen-bond acceptors (Lipinski definition) is 8. The molecular weight excluding hydrogens is 392 g/mol. The third-order valence-corrected chi connectivity index (χ3v) is 3.05. The Morgan fingerprint density at radius 2 is 1.03 bits per heavy atom. The zero-order valence-electron chi connectivity index (χ0n) is 16.5. The number of carboxylic acids is 4. The van der Waals surface area contributed by atoms with Crippen molar-refractivity contribution in [2.24, 2.45) is 28.9 Å². The maximum absolute atomic E-state index is 10.1. The lowest BCUT2D eigenvalue weighted by Crippen LogP contribution is -2.31. The molecule has 0 aromatic rings. The fourth-order valence-corrected chi connectivity index (χ4v) is 1.43. The van der Waals surface area contributed by atoms with Gasteiger partial charge < -0.3 is 43.4 Å². The number of nitrogens with two attached hydrogens (primary N) is 4. The number of carboxylic acid groups (broad SMARTS) is 4. The summed E-state index contributed by atoms with van der Waals surface area (Å²) in [5.41, 5.74) is 20.0. The van der Waals surface area contributed by atoms with E-state index >= 15 is 0 Å². The van der Waals surface area contributed by atoms with Gasteiger partial charge >= 0.3 is 23.9 Å². The number of aliphatic carboxylic acids is 4. The van der Waals surface area contributed by atoms with Crippen molar-refractivity contribution in [1.82, 2.24) is 0 Å². The van der Waals surface area contributed by atoms with Crippen LogP contribution in [-0.2, 0) is 24.0 Å². The SMILES string of the molecule is CC(C)C[C@H](N)C(=O)O.NC(=O)CC[C@H](N)C(=O)O.N[C@@H](CCC(=O)O)C(=O)O. The second-order valence-electron chi connectivity index (χ2n) is 6.40. The lowest BCUT2D eigenvalue weighted by molar-refractivity contribution is -0.141. The van der Waals surface area contributed by atoms with E-state index in [1.54, 1.807) is 0 Å². The van der Waals surface area contributed by atoms with E-state index in [0.29, 0.717) is 12.3 Å². The van der Waals surface area contributed by atoms with Gasteiger partial charge in [-0.05, 0) is 25.2 Å². The second kappa shape index (κ2) is 17.3. The molecule has 13 nitrogen and oxygen atoms in total. The molecule has 0 saturated carbocycles. The molecule has 0 unspecified atom stereocenters. The van der Waals surface area contributed by atoms with Crippen LogP contribution < -0.4 is 22.9 Å². The summed E-state index contributed by atoms with van der Waals surface area (Å²) in [6, 6.07) is -2.73. The number of primary amides is 1. The predicted molar refractivity (Wildman–Crippen MR) is 102 cm³/mol. The van der Waals surface area contributed by atoms with E-state index in [1.165, 1.54) is 0 Å². The first kappa shape index (κ1) is 30.9. The molecule has 0 aliphatic carbocycles. The van der Waals surface area contributed by atoms with Gasteiger partial charge in [-0.3, -0.25) is 24.0 Å². The molecule has 13 heteroatoms. The lowest BCUT2D eigenvalue weighted by Gasteiger charge is -2.07. The summed E-state index contributed by atoms with van der Waals surface area (Å²) in [6.45, 7) is 3.89. The van der Waals surface area contributed by atoms with Crippen molar-refractivity contribution < 1.29 is 44.4 Å². The molecule has 0 aliphatic heterocycles. The number of carbonyl (C=O) groups is 5. The van der Waals surface area contributed by atoms with E-state index in [2.05, 4.69) is 0 Å². The summed E-state index contributed by atoms with van der Waals surface area (Å²) in [6.07, 6.45) is 0.450. The van der Waals surface area contributed by atoms with Gasteiger partial charge in [0.15, 0.2) is 0 Å². The van der Waals surface area contributed by atoms with Crippen LogP contribution >= 0.6 is 0 Å². The molecule has 0 heterocycles. The van der Waals surface area contributed by atoms with Crippen LogP contribution in [0.1, 0.15) is 46.0 Å². The molecule has 0 fully saturated rings. The maximum atomic E-state index is 10.1. The zero-order valence-corrected chi connectivity index (χ0v) is 16.5. The highest BCUT2D eigenvalue weighted by Gasteiger charge is 2.13. The highest BCUT2D eigenvalue weighted by atomic mass is 16.4. The first-order chi connectivity index (χ1) is 13.1. The number of amides is 1. The molecule has 3 atom stereocenters. The minimum Gasteiger partial charge on any atom is -0.481 e. The quantitative estimate of drug-likeness (QED) is 0.186. The van der Waals surface area contributed by atoms with Crippen LogP contribution in [0.2, 0.25) is 0 Å². The average Bonchev–Trinajstić information content (AvgIpc) is 2.57. The van der Waals surface area contributed by atoms with Gasteiger partial charge in [0.1, 0.15) is 18.1 Å². The monoisotopic (exact) mass is 424 g/mol. The number of carbonyl (C=O) groups excluding carboxylic acids is 1. The third kappa shape index (κ3) is 25.2. The molecule has 29 heavy (non-hydrogen) atoms. The first-order valence-electron chi connectivity index (χ1n) is 8.56. The van der Waals surface area contributed by atoms with E-state index in [9.17, 15) is 24.0 Å². The topological polar surface area (TPSA) is 270 Å². The van der Waals surface area contributed by atoms with Gasteiger partial charge in [0.05, 0.1) is 0 Å². The van der Waals surface area contributed by atoms with Crippen LogP contribution in [0.25, 0.3) is 0 Å². The summed E-state index contributed by atoms with van der Waals surface area (Å²) in [5, 5.41) is 32.8. The number of rotatable bonds is 11. The van der Waals surface area contributed by atoms with Crippen molar-refractivity contribution in [2.45, 2.75) is 64.1 Å². The molecular formula is C16H32N4O9. The van der Waals surface area contributed by atoms with Crippen LogP contribution in [0.15, 0.2) is 0 Å². The Morgan fingerprint density at radius 1 is 0.690 bits per heavy atom. The maximum Gasteiger partial charge on any atom is 0.320 e. The average molecular weight is 424 g/mol. The Balaban J connectivity index is -0.000000350. The predicted octanol–water partition coefficient (Wildman–Crippen LogP) is -1.63. The van der Waals surface area contributed by atoms with Crippen molar-refractivity contribution in [3.05, 3.63) is 0 Å². The van der Waals surface area contributed by atoms with Crippen LogP contribution in [0, 0.1) is 5.92 Å². The van der Waals surface area contributed by atoms with Gasteiger partial charge in [-0.15, -0.1) is 0 Å². The summed E-state index contributed by atoms with van der Waals surface area (Å²) in [7, 11) is 0. The Labute approximate surface area is 168 Å². The minimum absolute atomic E-state index is 0.0213. The molecule has 1 amide bonds. The molecule has 170 valence electrons. The van der Waals surface area contributed by atoms with Gasteiger partial charge in [0.25, 0.3) is 0 Å². The normalized spacial score (nSPS) is 12.9. The summed E-state index contributed by atoms with van der Waals surface area (Å²) >= 11 is 0. The van der Waals surface area contributed by atoms with Crippen LogP contribution in [-0.4, -0.2) is 68.3 Å². The molecule has 0 aromatic heterocycles. The van der Waals surface area contributed by atoms with E-state index in [0.717, 1.165) is 0 Å². The van der Waals surface area contributed by atoms with Gasteiger partial charge in [-0.2, -0.15) is 0 Å². The third-order valence-electron chi connectivity index (χ3n) is 3.05. The van der Waals surface area contributed by atoms with Gasteiger partial charge in [0.2, 0.25) is 5.91 Å². The fourth-order valence-electron chi connectivity index (χ4n) is 1.43. The Kier molecular flexibility index (Phi) is 18.5. The summed E-state index contributed by atoms with van der Waals surface area (Å²) < 4.78 is 0. The molecule has 0 spiro atoms. The lowest BCUT2D eigenvalue weighted by atomic mass is 10.1. The summed E-state index contributed by atoms with van der Waals surface area (Å²) in [4.78, 5) is 50.1. The Bertz CT molecular complexity index is 506. The van der Waals surface area contributed by atoms with Crippen LogP contribution in [0.4, 0.5) is 0 Å². The van der Waals surface area contributed by atoms with Gasteiger partial charge in [-0.25, -0.2) is 0 Å². The zero-order chi connectivity index (χ0) is 23.7. The second-order valence-corrected chi connectivity index (χ2v) is 6.40. The van der Waals surface area contributed by atoms with E-state index in [-0.39, 0.29) is 25.7 Å². The summed E-state index contributed by atoms with van der Waals surface area (Å²) in [5.74, 6) is -4.39. The molecule has 0 bridgehead atoms. The van der Waals surface area contributed by atoms with Crippen LogP contribution in [0.3, 0.4) is 0 Å². The molecule has 0 rings (SSSR count). The van der Waals surface area contributed by atoms with Gasteiger partial charge in [0, 0.05) is 12.8 Å². The fraction of sp³-hybridized carbons (Fsp3) is 0.688. The Morgan fingerprint density at radius 3 is 1.24 bits per heavy atom. The highest BCUT2D eigenvalue weighted by Crippen LogP contribution is 2.01. The van der Waals surface area contributed by atoms with Crippen molar-refractivity contribution in [1.29, 1.82) is 0 Å². The smallest absolute Gasteiger partial charge is 0.320 e. The highest BCUT2D eigenvalue weighted by molar-refractivity contribution is 5.77. The van der Waals surface area contributed by atoms with Gasteiger partial charge in [-0.1, -0.05) is 13.8 Å². The molecule has 12 N–H and O–H groups in total. The van der Waals surface area contributed by atoms with E-state index < -0.39 is 47.9 Å². The standard InChI is InChI=1S/C6H13NO2.C5H10N2O3.C5H9NO4/c1-4(2)3-5(7)6(8)9;2*6-3(5(9)10)1-2-4(7)8/h4-5H,3,7H2,1-2H3,(H,8,9);3H,1-2,6H2,(H2,7,8)(H,9,10);3H,1-2,6H2,(H,7,8)(H,9,10)/t5-;2*3-/m000/s1. The van der Waals surface area contributed by atoms with Crippen molar-refractivity contribution in [3.8, 4) is 0 Å². The first-order valence-corrected chi connectivity index (χ1v) is 8.56. The molecule has 0 saturated heterocycles. The molecule has 0 aliphatic rings. The number of hydrogen-bond donors (Lipinski definition) is 8. The van der Waals surface area contributed by atoms with Crippen molar-refractivity contribution in [2.75, 3.05) is 0 Å². The van der Waals surface area contributed by atoms with E-state index in [1.807, 2.05) is 13.8 Å². The van der Waals surface area contributed by atoms with Crippen molar-refractivity contribution in [3.63, 3.8) is 0 Å². The minimum atomic E-state index is -1.17. The van der Waals surface area contributed by atoms with Crippen LogP contribution in [0.5, 0.6) is 0 Å². The molecule has 0 aromatic carbocycles. The van der Waals surface area contributed by atoms with E-state index in [4.69, 9.17) is 43.4 Å². The largest absolute Gasteiger partial charge is 0.481 e. The van der Waals surface area contributed by atoms with Crippen molar-refractivity contribution >= 4 is 29.8 Å². The molecule has 0 radical (unpaired) electrons. The Hall–Kier alpha value is -2.77.